The van der Waals surface area contributed by atoms with E-state index in [1.54, 1.807) is 7.11 Å². The van der Waals surface area contributed by atoms with Crippen LogP contribution in [0.4, 0.5) is 0 Å². The van der Waals surface area contributed by atoms with Gasteiger partial charge in [0.1, 0.15) is 17.1 Å². The first-order valence-corrected chi connectivity index (χ1v) is 8.29. The second-order valence-corrected chi connectivity index (χ2v) is 5.90. The zero-order chi connectivity index (χ0) is 17.9. The number of hydrogen-bond donors (Lipinski definition) is 0. The molecule has 0 atom stereocenters. The van der Waals surface area contributed by atoms with E-state index in [9.17, 15) is 0 Å². The van der Waals surface area contributed by atoms with Gasteiger partial charge < -0.3 is 9.30 Å². The zero-order valence-corrected chi connectivity index (χ0v) is 14.6. The molecule has 0 unspecified atom stereocenters. The first-order valence-electron chi connectivity index (χ1n) is 8.29. The van der Waals surface area contributed by atoms with Crippen LogP contribution in [0.1, 0.15) is 11.3 Å². The van der Waals surface area contributed by atoms with Crippen LogP contribution in [0.25, 0.3) is 22.4 Å². The van der Waals surface area contributed by atoms with Crippen LogP contribution in [0.15, 0.2) is 66.9 Å². The maximum Gasteiger partial charge on any atom is 0.162 e. The third-order valence-corrected chi connectivity index (χ3v) is 4.17. The number of rotatable bonds is 2. The van der Waals surface area contributed by atoms with Crippen molar-refractivity contribution >= 4 is 11.0 Å². The fraction of sp³-hybridized carbons (Fsp3) is 0.0909. The van der Waals surface area contributed by atoms with Gasteiger partial charge >= 0.3 is 0 Å². The fourth-order valence-electron chi connectivity index (χ4n) is 2.75. The van der Waals surface area contributed by atoms with E-state index in [1.807, 2.05) is 78.5 Å². The lowest BCUT2D eigenvalue weighted by Crippen LogP contribution is -1.97. The summed E-state index contributed by atoms with van der Waals surface area (Å²) in [5, 5.41) is 0.952. The molecule has 0 bridgehead atoms. The minimum atomic E-state index is 0.652. The number of aromatic nitrogens is 3. The molecule has 26 heavy (non-hydrogen) atoms. The van der Waals surface area contributed by atoms with Crippen molar-refractivity contribution in [3.63, 3.8) is 0 Å². The summed E-state index contributed by atoms with van der Waals surface area (Å²) in [5.41, 5.74) is 3.48. The molecule has 0 saturated carbocycles. The minimum absolute atomic E-state index is 0.652. The standard InChI is InChI=1S/C22H17N3O/c1-25-15-14-19-20(13-8-16-6-4-3-5-7-16)23-21(24-22(19)25)17-9-11-18(26-2)12-10-17/h3-7,9-12,14-15H,1-2H3. The highest BCUT2D eigenvalue weighted by molar-refractivity contribution is 5.83. The second-order valence-electron chi connectivity index (χ2n) is 5.90. The molecule has 0 N–H and O–H groups in total. The van der Waals surface area contributed by atoms with Gasteiger partial charge in [0.15, 0.2) is 5.82 Å². The Hall–Kier alpha value is -3.58. The predicted octanol–water partition coefficient (Wildman–Crippen LogP) is 4.04. The summed E-state index contributed by atoms with van der Waals surface area (Å²) in [6.07, 6.45) is 1.98. The van der Waals surface area contributed by atoms with Crippen molar-refractivity contribution < 1.29 is 4.74 Å². The topological polar surface area (TPSA) is 39.9 Å². The Kier molecular flexibility index (Phi) is 4.12. The Balaban J connectivity index is 1.85. The number of ether oxygens (including phenoxy) is 1. The normalized spacial score (nSPS) is 10.4. The Morgan fingerprint density at radius 1 is 0.885 bits per heavy atom. The van der Waals surface area contributed by atoms with E-state index in [1.165, 1.54) is 0 Å². The first-order chi connectivity index (χ1) is 12.7. The maximum absolute atomic E-state index is 5.23. The van der Waals surface area contributed by atoms with Crippen LogP contribution in [0.2, 0.25) is 0 Å². The van der Waals surface area contributed by atoms with E-state index in [0.29, 0.717) is 5.82 Å². The van der Waals surface area contributed by atoms with Crippen molar-refractivity contribution in [2.24, 2.45) is 7.05 Å². The quantitative estimate of drug-likeness (QED) is 0.517. The summed E-state index contributed by atoms with van der Waals surface area (Å²) in [4.78, 5) is 9.44. The van der Waals surface area contributed by atoms with Crippen molar-refractivity contribution in [2.75, 3.05) is 7.11 Å². The lowest BCUT2D eigenvalue weighted by molar-refractivity contribution is 0.415. The highest BCUT2D eigenvalue weighted by Gasteiger charge is 2.11. The summed E-state index contributed by atoms with van der Waals surface area (Å²) in [5.74, 6) is 7.86. The molecule has 0 aliphatic rings. The van der Waals surface area contributed by atoms with Crippen LogP contribution < -0.4 is 4.74 Å². The van der Waals surface area contributed by atoms with Crippen LogP contribution in [-0.4, -0.2) is 21.6 Å². The molecule has 0 radical (unpaired) electrons. The molecule has 0 aliphatic heterocycles. The molecule has 4 heteroatoms. The van der Waals surface area contributed by atoms with Gasteiger partial charge in [-0.3, -0.25) is 0 Å². The van der Waals surface area contributed by atoms with Crippen molar-refractivity contribution in [3.05, 3.63) is 78.1 Å². The Bertz CT molecular complexity index is 1120. The van der Waals surface area contributed by atoms with E-state index in [0.717, 1.165) is 33.6 Å². The van der Waals surface area contributed by atoms with Gasteiger partial charge in [0.2, 0.25) is 0 Å². The van der Waals surface area contributed by atoms with Gasteiger partial charge in [0.25, 0.3) is 0 Å². The highest BCUT2D eigenvalue weighted by atomic mass is 16.5. The van der Waals surface area contributed by atoms with Crippen LogP contribution in [0.3, 0.4) is 0 Å². The highest BCUT2D eigenvalue weighted by Crippen LogP contribution is 2.23. The zero-order valence-electron chi connectivity index (χ0n) is 14.6. The van der Waals surface area contributed by atoms with Crippen molar-refractivity contribution in [3.8, 4) is 29.0 Å². The van der Waals surface area contributed by atoms with Crippen molar-refractivity contribution in [1.29, 1.82) is 0 Å². The Labute approximate surface area is 152 Å². The molecule has 0 fully saturated rings. The SMILES string of the molecule is COc1ccc(-c2nc(C#Cc3ccccc3)c3ccn(C)c3n2)cc1. The minimum Gasteiger partial charge on any atom is -0.497 e. The molecule has 2 aromatic carbocycles. The number of methoxy groups -OCH3 is 1. The van der Waals surface area contributed by atoms with Crippen LogP contribution >= 0.6 is 0 Å². The van der Waals surface area contributed by atoms with E-state index in [-0.39, 0.29) is 0 Å². The smallest absolute Gasteiger partial charge is 0.162 e. The molecule has 0 aliphatic carbocycles. The van der Waals surface area contributed by atoms with Gasteiger partial charge in [-0.05, 0) is 48.4 Å². The number of aryl methyl sites for hydroxylation is 1. The number of hydrogen-bond acceptors (Lipinski definition) is 3. The van der Waals surface area contributed by atoms with Crippen molar-refractivity contribution in [1.82, 2.24) is 14.5 Å². The molecule has 0 spiro atoms. The fourth-order valence-corrected chi connectivity index (χ4v) is 2.75. The number of benzene rings is 2. The molecule has 4 nitrogen and oxygen atoms in total. The van der Waals surface area contributed by atoms with Gasteiger partial charge in [-0.15, -0.1) is 0 Å². The molecule has 0 amide bonds. The largest absolute Gasteiger partial charge is 0.497 e. The van der Waals surface area contributed by atoms with Gasteiger partial charge in [-0.1, -0.05) is 24.1 Å². The lowest BCUT2D eigenvalue weighted by atomic mass is 10.2. The summed E-state index contributed by atoms with van der Waals surface area (Å²) in [7, 11) is 3.63. The van der Waals surface area contributed by atoms with E-state index < -0.39 is 0 Å². The first kappa shape index (κ1) is 15.9. The number of nitrogens with zero attached hydrogens (tertiary/aromatic N) is 3. The Morgan fingerprint density at radius 3 is 2.38 bits per heavy atom. The van der Waals surface area contributed by atoms with Gasteiger partial charge in [-0.25, -0.2) is 9.97 Å². The lowest BCUT2D eigenvalue weighted by Gasteiger charge is -2.05. The van der Waals surface area contributed by atoms with E-state index >= 15 is 0 Å². The Morgan fingerprint density at radius 2 is 1.65 bits per heavy atom. The molecule has 2 heterocycles. The maximum atomic E-state index is 5.23. The molecule has 4 aromatic rings. The summed E-state index contributed by atoms with van der Waals surface area (Å²) in [6.45, 7) is 0. The van der Waals surface area contributed by atoms with E-state index in [4.69, 9.17) is 14.7 Å². The molecule has 2 aromatic heterocycles. The average Bonchev–Trinajstić information content (AvgIpc) is 3.08. The van der Waals surface area contributed by atoms with Crippen LogP contribution in [-0.2, 0) is 7.05 Å². The predicted molar refractivity (Wildman–Crippen MR) is 103 cm³/mol. The van der Waals surface area contributed by atoms with Crippen LogP contribution in [0, 0.1) is 11.8 Å². The van der Waals surface area contributed by atoms with Crippen molar-refractivity contribution in [2.45, 2.75) is 0 Å². The van der Waals surface area contributed by atoms with Gasteiger partial charge in [0.05, 0.1) is 12.5 Å². The molecular weight excluding hydrogens is 322 g/mol. The molecule has 0 saturated heterocycles. The molecule has 126 valence electrons. The number of fused-ring (bicyclic) bond motifs is 1. The van der Waals surface area contributed by atoms with Crippen LogP contribution in [0.5, 0.6) is 5.75 Å². The molecule has 4 rings (SSSR count). The summed E-state index contributed by atoms with van der Waals surface area (Å²) >= 11 is 0. The molecular formula is C22H17N3O. The average molecular weight is 339 g/mol. The summed E-state index contributed by atoms with van der Waals surface area (Å²) < 4.78 is 7.21. The van der Waals surface area contributed by atoms with Gasteiger partial charge in [0, 0.05) is 24.4 Å². The second kappa shape index (κ2) is 6.73. The third kappa shape index (κ3) is 3.03. The van der Waals surface area contributed by atoms with Gasteiger partial charge in [-0.2, -0.15) is 0 Å². The third-order valence-electron chi connectivity index (χ3n) is 4.17. The van der Waals surface area contributed by atoms with E-state index in [2.05, 4.69) is 11.8 Å². The monoisotopic (exact) mass is 339 g/mol. The summed E-state index contributed by atoms with van der Waals surface area (Å²) in [6, 6.07) is 19.6.